The van der Waals surface area contributed by atoms with Crippen molar-refractivity contribution in [1.82, 2.24) is 4.90 Å². The van der Waals surface area contributed by atoms with Crippen molar-refractivity contribution in [2.24, 2.45) is 0 Å². The Morgan fingerprint density at radius 2 is 1.83 bits per heavy atom. The highest BCUT2D eigenvalue weighted by molar-refractivity contribution is 7.17. The molecule has 0 aliphatic rings. The maximum Gasteiger partial charge on any atom is 0.257 e. The molecule has 3 nitrogen and oxygen atoms in total. The third-order valence-electron chi connectivity index (χ3n) is 4.25. The quantitative estimate of drug-likeness (QED) is 0.866. The van der Waals surface area contributed by atoms with Gasteiger partial charge in [-0.15, -0.1) is 11.3 Å². The molecule has 2 rings (SSSR count). The molecule has 1 aromatic heterocycles. The summed E-state index contributed by atoms with van der Waals surface area (Å²) < 4.78 is 0. The predicted molar refractivity (Wildman–Crippen MR) is 100 cm³/mol. The lowest BCUT2D eigenvalue weighted by Gasteiger charge is -2.20. The minimum absolute atomic E-state index is 0.0402. The van der Waals surface area contributed by atoms with Crippen molar-refractivity contribution in [1.29, 1.82) is 0 Å². The first-order chi connectivity index (χ1) is 10.9. The van der Waals surface area contributed by atoms with Gasteiger partial charge in [0.2, 0.25) is 0 Å². The van der Waals surface area contributed by atoms with Crippen molar-refractivity contribution in [3.8, 4) is 11.1 Å². The zero-order valence-electron chi connectivity index (χ0n) is 14.7. The maximum atomic E-state index is 13.0. The molecule has 2 N–H and O–H groups in total. The molecular weight excluding hydrogens is 304 g/mol. The predicted octanol–water partition coefficient (Wildman–Crippen LogP) is 4.66. The molecule has 0 saturated carbocycles. The third kappa shape index (κ3) is 3.27. The largest absolute Gasteiger partial charge is 0.390 e. The second kappa shape index (κ2) is 7.18. The molecule has 0 bridgehead atoms. The van der Waals surface area contributed by atoms with E-state index in [1.165, 1.54) is 16.0 Å². The molecule has 0 aliphatic heterocycles. The lowest BCUT2D eigenvalue weighted by molar-refractivity contribution is 0.0775. The summed E-state index contributed by atoms with van der Waals surface area (Å²) in [6, 6.07) is 6.37. The number of rotatable bonds is 5. The highest BCUT2D eigenvalue weighted by atomic mass is 32.1. The molecule has 1 amide bonds. The number of nitrogens with zero attached hydrogens (tertiary/aromatic N) is 1. The summed E-state index contributed by atoms with van der Waals surface area (Å²) in [4.78, 5) is 16.0. The van der Waals surface area contributed by atoms with Crippen LogP contribution < -0.4 is 5.73 Å². The normalized spacial score (nSPS) is 10.8. The van der Waals surface area contributed by atoms with E-state index in [9.17, 15) is 4.79 Å². The average molecular weight is 330 g/mol. The number of anilines is 1. The van der Waals surface area contributed by atoms with E-state index in [0.717, 1.165) is 17.5 Å². The average Bonchev–Trinajstić information content (AvgIpc) is 2.84. The number of hydrogen-bond donors (Lipinski definition) is 1. The number of hydrogen-bond acceptors (Lipinski definition) is 3. The lowest BCUT2D eigenvalue weighted by atomic mass is 9.94. The summed E-state index contributed by atoms with van der Waals surface area (Å²) >= 11 is 1.55. The van der Waals surface area contributed by atoms with Crippen molar-refractivity contribution < 1.29 is 4.79 Å². The van der Waals surface area contributed by atoms with Gasteiger partial charge in [-0.2, -0.15) is 0 Å². The Morgan fingerprint density at radius 3 is 2.35 bits per heavy atom. The monoisotopic (exact) mass is 330 g/mol. The number of nitrogen functional groups attached to an aromatic ring is 1. The molecule has 1 heterocycles. The standard InChI is InChI=1S/C19H26N2OS/c1-6-15-16(14-10-9-12(4)11-13(14)5)17(18(20)23-15)19(22)21(7-2)8-3/h9-11H,6-8,20H2,1-5H3. The highest BCUT2D eigenvalue weighted by Crippen LogP contribution is 2.41. The maximum absolute atomic E-state index is 13.0. The van der Waals surface area contributed by atoms with Gasteiger partial charge in [0.15, 0.2) is 0 Å². The van der Waals surface area contributed by atoms with Crippen molar-refractivity contribution >= 4 is 22.2 Å². The van der Waals surface area contributed by atoms with Crippen LogP contribution in [0.15, 0.2) is 18.2 Å². The summed E-state index contributed by atoms with van der Waals surface area (Å²) in [5, 5.41) is 0.633. The fraction of sp³-hybridized carbons (Fsp3) is 0.421. The van der Waals surface area contributed by atoms with Crippen LogP contribution in [0.1, 0.15) is 47.1 Å². The summed E-state index contributed by atoms with van der Waals surface area (Å²) in [5.41, 5.74) is 11.5. The highest BCUT2D eigenvalue weighted by Gasteiger charge is 2.26. The molecule has 0 spiro atoms. The SMILES string of the molecule is CCc1sc(N)c(C(=O)N(CC)CC)c1-c1ccc(C)cc1C. The Kier molecular flexibility index (Phi) is 5.47. The Balaban J connectivity index is 2.69. The third-order valence-corrected chi connectivity index (χ3v) is 5.41. The fourth-order valence-electron chi connectivity index (χ4n) is 3.01. The Morgan fingerprint density at radius 1 is 1.17 bits per heavy atom. The summed E-state index contributed by atoms with van der Waals surface area (Å²) in [7, 11) is 0. The van der Waals surface area contributed by atoms with E-state index in [1.54, 1.807) is 11.3 Å². The van der Waals surface area contributed by atoms with Gasteiger partial charge in [0, 0.05) is 23.5 Å². The number of thiophene rings is 1. The first kappa shape index (κ1) is 17.5. The van der Waals surface area contributed by atoms with Crippen molar-refractivity contribution in [2.75, 3.05) is 18.8 Å². The molecule has 4 heteroatoms. The van der Waals surface area contributed by atoms with E-state index in [1.807, 2.05) is 18.7 Å². The van der Waals surface area contributed by atoms with Gasteiger partial charge in [0.05, 0.1) is 10.6 Å². The van der Waals surface area contributed by atoms with Crippen LogP contribution in [0.3, 0.4) is 0 Å². The number of carbonyl (C=O) groups excluding carboxylic acids is 1. The smallest absolute Gasteiger partial charge is 0.257 e. The first-order valence-corrected chi connectivity index (χ1v) is 9.04. The zero-order chi connectivity index (χ0) is 17.1. The van der Waals surface area contributed by atoms with E-state index in [4.69, 9.17) is 5.73 Å². The lowest BCUT2D eigenvalue weighted by Crippen LogP contribution is -2.31. The number of nitrogens with two attached hydrogens (primary N) is 1. The first-order valence-electron chi connectivity index (χ1n) is 8.22. The number of aryl methyl sites for hydroxylation is 3. The summed E-state index contributed by atoms with van der Waals surface area (Å²) in [5.74, 6) is 0.0402. The molecule has 0 saturated heterocycles. The van der Waals surface area contributed by atoms with Gasteiger partial charge < -0.3 is 10.6 Å². The van der Waals surface area contributed by atoms with Gasteiger partial charge in [-0.1, -0.05) is 30.7 Å². The zero-order valence-corrected chi connectivity index (χ0v) is 15.5. The topological polar surface area (TPSA) is 46.3 Å². The Labute approximate surface area is 143 Å². The van der Waals surface area contributed by atoms with Crippen LogP contribution in [-0.4, -0.2) is 23.9 Å². The summed E-state index contributed by atoms with van der Waals surface area (Å²) in [6.07, 6.45) is 0.878. The summed E-state index contributed by atoms with van der Waals surface area (Å²) in [6.45, 7) is 11.7. The fourth-order valence-corrected chi connectivity index (χ4v) is 4.02. The second-order valence-electron chi connectivity index (χ2n) is 5.79. The van der Waals surface area contributed by atoms with Crippen LogP contribution in [0.25, 0.3) is 11.1 Å². The van der Waals surface area contributed by atoms with Crippen molar-refractivity contribution in [3.63, 3.8) is 0 Å². The molecule has 23 heavy (non-hydrogen) atoms. The van der Waals surface area contributed by atoms with Crippen molar-refractivity contribution in [2.45, 2.75) is 41.0 Å². The van der Waals surface area contributed by atoms with Gasteiger partial charge in [0.1, 0.15) is 0 Å². The number of benzene rings is 1. The molecule has 0 atom stereocenters. The Hall–Kier alpha value is -1.81. The van der Waals surface area contributed by atoms with Crippen LogP contribution >= 0.6 is 11.3 Å². The minimum atomic E-state index is 0.0402. The minimum Gasteiger partial charge on any atom is -0.390 e. The van der Waals surface area contributed by atoms with E-state index in [2.05, 4.69) is 39.0 Å². The molecule has 1 aromatic carbocycles. The van der Waals surface area contributed by atoms with Crippen molar-refractivity contribution in [3.05, 3.63) is 39.8 Å². The van der Waals surface area contributed by atoms with E-state index in [-0.39, 0.29) is 5.91 Å². The van der Waals surface area contributed by atoms with Gasteiger partial charge >= 0.3 is 0 Å². The van der Waals surface area contributed by atoms with Crippen LogP contribution in [0.5, 0.6) is 0 Å². The van der Waals surface area contributed by atoms with Gasteiger partial charge in [-0.25, -0.2) is 0 Å². The van der Waals surface area contributed by atoms with Crippen LogP contribution in [-0.2, 0) is 6.42 Å². The molecule has 0 unspecified atom stereocenters. The molecule has 0 radical (unpaired) electrons. The molecular formula is C19H26N2OS. The second-order valence-corrected chi connectivity index (χ2v) is 6.93. The van der Waals surface area contributed by atoms with Gasteiger partial charge in [0.25, 0.3) is 5.91 Å². The Bertz CT molecular complexity index is 714. The molecule has 0 fully saturated rings. The van der Waals surface area contributed by atoms with E-state index < -0.39 is 0 Å². The van der Waals surface area contributed by atoms with E-state index in [0.29, 0.717) is 23.7 Å². The van der Waals surface area contributed by atoms with Gasteiger partial charge in [-0.05, 0) is 45.2 Å². The van der Waals surface area contributed by atoms with Gasteiger partial charge in [-0.3, -0.25) is 4.79 Å². The van der Waals surface area contributed by atoms with Crippen LogP contribution in [0, 0.1) is 13.8 Å². The number of carbonyl (C=O) groups is 1. The molecule has 124 valence electrons. The number of amides is 1. The van der Waals surface area contributed by atoms with Crippen LogP contribution in [0.2, 0.25) is 0 Å². The van der Waals surface area contributed by atoms with E-state index >= 15 is 0 Å². The van der Waals surface area contributed by atoms with Crippen LogP contribution in [0.4, 0.5) is 5.00 Å². The molecule has 2 aromatic rings. The molecule has 0 aliphatic carbocycles.